The summed E-state index contributed by atoms with van der Waals surface area (Å²) in [5.74, 6) is 0.966. The van der Waals surface area contributed by atoms with Crippen molar-refractivity contribution in [3.05, 3.63) is 16.1 Å². The summed E-state index contributed by atoms with van der Waals surface area (Å²) in [6.45, 7) is 3.87. The van der Waals surface area contributed by atoms with E-state index in [0.717, 1.165) is 30.4 Å². The number of methoxy groups -OCH3 is 1. The van der Waals surface area contributed by atoms with Gasteiger partial charge in [-0.1, -0.05) is 6.92 Å². The zero-order chi connectivity index (χ0) is 12.1. The van der Waals surface area contributed by atoms with Crippen LogP contribution in [0.1, 0.15) is 36.6 Å². The van der Waals surface area contributed by atoms with Crippen LogP contribution in [0.4, 0.5) is 0 Å². The van der Waals surface area contributed by atoms with E-state index in [1.807, 2.05) is 11.8 Å². The summed E-state index contributed by atoms with van der Waals surface area (Å²) in [5, 5.41) is 3.83. The van der Waals surface area contributed by atoms with Crippen molar-refractivity contribution in [1.29, 1.82) is 0 Å². The zero-order valence-corrected chi connectivity index (χ0v) is 12.0. The van der Waals surface area contributed by atoms with Gasteiger partial charge in [0.05, 0.1) is 12.3 Å². The van der Waals surface area contributed by atoms with E-state index in [0.29, 0.717) is 5.25 Å². The molecule has 1 aromatic rings. The lowest BCUT2D eigenvalue weighted by molar-refractivity contribution is 0.111. The quantitative estimate of drug-likeness (QED) is 0.796. The second kappa shape index (κ2) is 6.73. The number of nitrogens with zero attached hydrogens (tertiary/aromatic N) is 1. The molecule has 0 amide bonds. The third-order valence-corrected chi connectivity index (χ3v) is 4.84. The topological polar surface area (TPSA) is 31.4 Å². The lowest BCUT2D eigenvalue weighted by Gasteiger charge is -2.08. The highest BCUT2D eigenvalue weighted by molar-refractivity contribution is 7.99. The fraction of sp³-hybridized carbons (Fsp3) is 0.750. The molecule has 17 heavy (non-hydrogen) atoms. The van der Waals surface area contributed by atoms with Gasteiger partial charge in [0, 0.05) is 30.1 Å². The molecule has 1 fully saturated rings. The van der Waals surface area contributed by atoms with Crippen LogP contribution in [0.2, 0.25) is 0 Å². The second-order valence-electron chi connectivity index (χ2n) is 4.26. The SMILES string of the molecule is COCC(C)SCc1csc(C2CCCO2)n1. The fourth-order valence-corrected chi connectivity index (χ4v) is 3.66. The molecule has 1 aromatic heterocycles. The molecular weight excluding hydrogens is 254 g/mol. The van der Waals surface area contributed by atoms with Crippen LogP contribution in [-0.4, -0.2) is 30.6 Å². The summed E-state index contributed by atoms with van der Waals surface area (Å²) in [7, 11) is 1.75. The first-order valence-corrected chi connectivity index (χ1v) is 7.89. The molecule has 0 bridgehead atoms. The summed E-state index contributed by atoms with van der Waals surface area (Å²) in [6.07, 6.45) is 2.55. The first-order chi connectivity index (χ1) is 8.29. The molecular formula is C12H19NO2S2. The van der Waals surface area contributed by atoms with Gasteiger partial charge in [0.15, 0.2) is 0 Å². The highest BCUT2D eigenvalue weighted by Crippen LogP contribution is 2.31. The maximum Gasteiger partial charge on any atom is 0.122 e. The van der Waals surface area contributed by atoms with Gasteiger partial charge in [-0.15, -0.1) is 23.1 Å². The van der Waals surface area contributed by atoms with E-state index in [1.54, 1.807) is 18.4 Å². The summed E-state index contributed by atoms with van der Waals surface area (Å²) in [5.41, 5.74) is 1.17. The minimum absolute atomic E-state index is 0.259. The number of thiazole rings is 1. The van der Waals surface area contributed by atoms with Crippen molar-refractivity contribution in [2.24, 2.45) is 0 Å². The van der Waals surface area contributed by atoms with Crippen LogP contribution < -0.4 is 0 Å². The molecule has 0 N–H and O–H groups in total. The van der Waals surface area contributed by atoms with Crippen molar-refractivity contribution in [3.8, 4) is 0 Å². The smallest absolute Gasteiger partial charge is 0.122 e. The summed E-state index contributed by atoms with van der Waals surface area (Å²) in [6, 6.07) is 0. The third-order valence-electron chi connectivity index (χ3n) is 2.69. The predicted molar refractivity (Wildman–Crippen MR) is 72.7 cm³/mol. The van der Waals surface area contributed by atoms with Crippen molar-refractivity contribution >= 4 is 23.1 Å². The average Bonchev–Trinajstić information content (AvgIpc) is 2.97. The van der Waals surface area contributed by atoms with Crippen molar-refractivity contribution < 1.29 is 9.47 Å². The van der Waals surface area contributed by atoms with E-state index >= 15 is 0 Å². The van der Waals surface area contributed by atoms with Gasteiger partial charge in [-0.2, -0.15) is 0 Å². The molecule has 1 aliphatic rings. The molecule has 2 heterocycles. The Kier molecular flexibility index (Phi) is 5.28. The maximum absolute atomic E-state index is 5.64. The predicted octanol–water partition coefficient (Wildman–Crippen LogP) is 3.26. The van der Waals surface area contributed by atoms with Gasteiger partial charge in [0.1, 0.15) is 11.1 Å². The molecule has 0 aliphatic carbocycles. The van der Waals surface area contributed by atoms with Gasteiger partial charge < -0.3 is 9.47 Å². The molecule has 3 nitrogen and oxygen atoms in total. The Morgan fingerprint density at radius 3 is 3.29 bits per heavy atom. The lowest BCUT2D eigenvalue weighted by atomic mass is 10.2. The Bertz CT molecular complexity index is 337. The average molecular weight is 273 g/mol. The Morgan fingerprint density at radius 2 is 2.59 bits per heavy atom. The van der Waals surface area contributed by atoms with E-state index < -0.39 is 0 Å². The molecule has 0 spiro atoms. The molecule has 0 aromatic carbocycles. The molecule has 2 rings (SSSR count). The number of ether oxygens (including phenoxy) is 2. The van der Waals surface area contributed by atoms with Crippen LogP contribution in [-0.2, 0) is 15.2 Å². The van der Waals surface area contributed by atoms with Crippen LogP contribution >= 0.6 is 23.1 Å². The first kappa shape index (κ1) is 13.3. The normalized spacial score (nSPS) is 21.9. The van der Waals surface area contributed by atoms with Gasteiger partial charge in [0.2, 0.25) is 0 Å². The van der Waals surface area contributed by atoms with Crippen molar-refractivity contribution in [2.45, 2.75) is 36.9 Å². The highest BCUT2D eigenvalue weighted by atomic mass is 32.2. The van der Waals surface area contributed by atoms with E-state index in [4.69, 9.17) is 9.47 Å². The number of rotatable bonds is 6. The molecule has 0 saturated carbocycles. The van der Waals surface area contributed by atoms with Gasteiger partial charge in [0.25, 0.3) is 0 Å². The van der Waals surface area contributed by atoms with E-state index in [1.165, 1.54) is 12.1 Å². The third kappa shape index (κ3) is 3.95. The highest BCUT2D eigenvalue weighted by Gasteiger charge is 2.20. The molecule has 1 saturated heterocycles. The van der Waals surface area contributed by atoms with E-state index in [9.17, 15) is 0 Å². The van der Waals surface area contributed by atoms with Crippen LogP contribution in [0.3, 0.4) is 0 Å². The second-order valence-corrected chi connectivity index (χ2v) is 6.57. The fourth-order valence-electron chi connectivity index (χ4n) is 1.82. The van der Waals surface area contributed by atoms with Gasteiger partial charge in [-0.05, 0) is 12.8 Å². The van der Waals surface area contributed by atoms with Gasteiger partial charge >= 0.3 is 0 Å². The Labute approximate surface area is 111 Å². The van der Waals surface area contributed by atoms with Crippen LogP contribution in [0.5, 0.6) is 0 Å². The number of hydrogen-bond donors (Lipinski definition) is 0. The van der Waals surface area contributed by atoms with Crippen molar-refractivity contribution in [2.75, 3.05) is 20.3 Å². The number of hydrogen-bond acceptors (Lipinski definition) is 5. The Hall–Kier alpha value is -0.100. The molecule has 5 heteroatoms. The minimum Gasteiger partial charge on any atom is -0.384 e. The molecule has 96 valence electrons. The lowest BCUT2D eigenvalue weighted by Crippen LogP contribution is -2.05. The van der Waals surface area contributed by atoms with Crippen LogP contribution in [0.15, 0.2) is 5.38 Å². The van der Waals surface area contributed by atoms with Crippen molar-refractivity contribution in [1.82, 2.24) is 4.98 Å². The largest absolute Gasteiger partial charge is 0.384 e. The molecule has 2 atom stereocenters. The van der Waals surface area contributed by atoms with Crippen molar-refractivity contribution in [3.63, 3.8) is 0 Å². The number of aromatic nitrogens is 1. The summed E-state index contributed by atoms with van der Waals surface area (Å²) in [4.78, 5) is 4.66. The molecule has 2 unspecified atom stereocenters. The summed E-state index contributed by atoms with van der Waals surface area (Å²) < 4.78 is 10.8. The molecule has 1 aliphatic heterocycles. The monoisotopic (exact) mass is 273 g/mol. The van der Waals surface area contributed by atoms with Crippen LogP contribution in [0.25, 0.3) is 0 Å². The Balaban J connectivity index is 1.81. The maximum atomic E-state index is 5.64. The van der Waals surface area contributed by atoms with Crippen LogP contribution in [0, 0.1) is 0 Å². The Morgan fingerprint density at radius 1 is 1.71 bits per heavy atom. The van der Waals surface area contributed by atoms with Gasteiger partial charge in [-0.25, -0.2) is 4.98 Å². The standard InChI is InChI=1S/C12H19NO2S2/c1-9(6-14-2)16-7-10-8-17-12(13-10)11-4-3-5-15-11/h8-9,11H,3-7H2,1-2H3. The minimum atomic E-state index is 0.259. The van der Waals surface area contributed by atoms with Gasteiger partial charge in [-0.3, -0.25) is 0 Å². The zero-order valence-electron chi connectivity index (χ0n) is 10.3. The first-order valence-electron chi connectivity index (χ1n) is 5.96. The molecule has 0 radical (unpaired) electrons. The number of thioether (sulfide) groups is 1. The summed E-state index contributed by atoms with van der Waals surface area (Å²) >= 11 is 3.62. The van der Waals surface area contributed by atoms with E-state index in [2.05, 4.69) is 17.3 Å². The van der Waals surface area contributed by atoms with E-state index in [-0.39, 0.29) is 6.10 Å².